The van der Waals surface area contributed by atoms with Crippen molar-refractivity contribution in [3.8, 4) is 11.3 Å². The molecule has 0 aliphatic carbocycles. The van der Waals surface area contributed by atoms with E-state index in [2.05, 4.69) is 54.7 Å². The van der Waals surface area contributed by atoms with Crippen LogP contribution in [0.15, 0.2) is 75.8 Å². The molecule has 0 aliphatic rings. The summed E-state index contributed by atoms with van der Waals surface area (Å²) in [6, 6.07) is 19.0. The SMILES string of the molecule is CCc1ccn2c(C(=O)C(Br)(CO)c3ccc(Br)cc3)c(-c3ccc(Br)cc3)nc2c1. The highest BCUT2D eigenvalue weighted by atomic mass is 79.9. The van der Waals surface area contributed by atoms with Gasteiger partial charge in [-0.2, -0.15) is 0 Å². The first-order valence-electron chi connectivity index (χ1n) is 9.75. The minimum Gasteiger partial charge on any atom is -0.394 e. The standard InChI is InChI=1S/C24H19Br3N2O2/c1-2-15-11-12-29-20(13-15)28-21(16-3-7-18(25)8-4-16)22(29)23(31)24(27,14-30)17-5-9-19(26)10-6-17/h3-13,30H,2,14H2,1H3. The van der Waals surface area contributed by atoms with Crippen molar-refractivity contribution in [1.82, 2.24) is 9.38 Å². The summed E-state index contributed by atoms with van der Waals surface area (Å²) < 4.78 is 2.36. The summed E-state index contributed by atoms with van der Waals surface area (Å²) in [4.78, 5) is 18.8. The Kier molecular flexibility index (Phi) is 6.49. The number of imidazole rings is 1. The van der Waals surface area contributed by atoms with Crippen molar-refractivity contribution in [3.63, 3.8) is 0 Å². The molecule has 4 nitrogen and oxygen atoms in total. The zero-order valence-corrected chi connectivity index (χ0v) is 21.4. The second-order valence-corrected chi connectivity index (χ2v) is 10.4. The van der Waals surface area contributed by atoms with Crippen LogP contribution in [0.3, 0.4) is 0 Å². The monoisotopic (exact) mass is 604 g/mol. The maximum atomic E-state index is 14.0. The third kappa shape index (κ3) is 4.16. The van der Waals surface area contributed by atoms with Crippen LogP contribution in [0.5, 0.6) is 0 Å². The molecule has 2 heterocycles. The number of aromatic nitrogens is 2. The number of carbonyl (C=O) groups excluding carboxylic acids is 1. The number of rotatable bonds is 6. The van der Waals surface area contributed by atoms with Gasteiger partial charge < -0.3 is 5.11 Å². The highest BCUT2D eigenvalue weighted by Crippen LogP contribution is 2.38. The third-order valence-electron chi connectivity index (χ3n) is 5.31. The lowest BCUT2D eigenvalue weighted by Crippen LogP contribution is -2.34. The fraction of sp³-hybridized carbons (Fsp3) is 0.167. The molecule has 31 heavy (non-hydrogen) atoms. The topological polar surface area (TPSA) is 54.6 Å². The van der Waals surface area contributed by atoms with E-state index in [-0.39, 0.29) is 5.78 Å². The maximum absolute atomic E-state index is 14.0. The molecule has 0 saturated heterocycles. The molecule has 4 aromatic rings. The summed E-state index contributed by atoms with van der Waals surface area (Å²) in [6.07, 6.45) is 2.75. The lowest BCUT2D eigenvalue weighted by Gasteiger charge is -2.24. The number of ketones is 1. The van der Waals surface area contributed by atoms with Crippen molar-refractivity contribution in [2.75, 3.05) is 6.61 Å². The summed E-state index contributed by atoms with van der Waals surface area (Å²) in [5.74, 6) is -0.257. The van der Waals surface area contributed by atoms with E-state index in [4.69, 9.17) is 4.98 Å². The Hall–Kier alpha value is -1.80. The number of Topliss-reactive ketones (excluding diaryl/α,β-unsaturated/α-hetero) is 1. The number of halogens is 3. The molecular weight excluding hydrogens is 588 g/mol. The minimum atomic E-state index is -1.29. The zero-order valence-electron chi connectivity index (χ0n) is 16.6. The van der Waals surface area contributed by atoms with Gasteiger partial charge in [0.1, 0.15) is 21.4 Å². The summed E-state index contributed by atoms with van der Waals surface area (Å²) in [5.41, 5.74) is 4.35. The van der Waals surface area contributed by atoms with Gasteiger partial charge in [-0.05, 0) is 53.9 Å². The first-order valence-corrected chi connectivity index (χ1v) is 12.1. The molecular formula is C24H19Br3N2O2. The van der Waals surface area contributed by atoms with E-state index in [1.165, 1.54) is 0 Å². The summed E-state index contributed by atoms with van der Waals surface area (Å²) in [7, 11) is 0. The van der Waals surface area contributed by atoms with Gasteiger partial charge in [0.05, 0.1) is 6.61 Å². The van der Waals surface area contributed by atoms with Crippen molar-refractivity contribution >= 4 is 59.2 Å². The first kappa shape index (κ1) is 22.4. The highest BCUT2D eigenvalue weighted by molar-refractivity contribution is 9.11. The predicted molar refractivity (Wildman–Crippen MR) is 134 cm³/mol. The van der Waals surface area contributed by atoms with Gasteiger partial charge in [0.15, 0.2) is 0 Å². The number of hydrogen-bond acceptors (Lipinski definition) is 3. The van der Waals surface area contributed by atoms with Gasteiger partial charge in [0.2, 0.25) is 5.78 Å². The van der Waals surface area contributed by atoms with Gasteiger partial charge in [0, 0.05) is 20.7 Å². The maximum Gasteiger partial charge on any atom is 0.205 e. The second kappa shape index (κ2) is 8.98. The van der Waals surface area contributed by atoms with Gasteiger partial charge in [-0.25, -0.2) is 4.98 Å². The fourth-order valence-electron chi connectivity index (χ4n) is 3.53. The molecule has 0 aliphatic heterocycles. The molecule has 7 heteroatoms. The van der Waals surface area contributed by atoms with E-state index in [9.17, 15) is 9.90 Å². The van der Waals surface area contributed by atoms with Gasteiger partial charge in [-0.15, -0.1) is 0 Å². The average molecular weight is 607 g/mol. The van der Waals surface area contributed by atoms with Gasteiger partial charge in [-0.1, -0.05) is 79.0 Å². The van der Waals surface area contributed by atoms with Crippen molar-refractivity contribution in [1.29, 1.82) is 0 Å². The number of carbonyl (C=O) groups is 1. The van der Waals surface area contributed by atoms with Crippen LogP contribution in [0, 0.1) is 0 Å². The van der Waals surface area contributed by atoms with Crippen LogP contribution in [-0.2, 0) is 10.7 Å². The van der Waals surface area contributed by atoms with Crippen molar-refractivity contribution in [2.45, 2.75) is 17.7 Å². The van der Waals surface area contributed by atoms with Crippen LogP contribution in [0.4, 0.5) is 0 Å². The lowest BCUT2D eigenvalue weighted by atomic mass is 9.91. The number of fused-ring (bicyclic) bond motifs is 1. The van der Waals surface area contributed by atoms with Crippen molar-refractivity contribution in [3.05, 3.63) is 92.6 Å². The van der Waals surface area contributed by atoms with Crippen LogP contribution in [0.2, 0.25) is 0 Å². The molecule has 0 saturated carbocycles. The Morgan fingerprint density at radius 3 is 2.23 bits per heavy atom. The molecule has 0 bridgehead atoms. The Bertz CT molecular complexity index is 1250. The molecule has 1 N–H and O–H groups in total. The normalized spacial score (nSPS) is 13.3. The predicted octanol–water partition coefficient (Wildman–Crippen LogP) is 6.55. The number of alkyl halides is 1. The summed E-state index contributed by atoms with van der Waals surface area (Å²) >= 11 is 10.5. The molecule has 2 aromatic carbocycles. The molecule has 0 radical (unpaired) electrons. The van der Waals surface area contributed by atoms with Crippen LogP contribution in [0.1, 0.15) is 28.5 Å². The van der Waals surface area contributed by atoms with E-state index >= 15 is 0 Å². The molecule has 0 amide bonds. The van der Waals surface area contributed by atoms with Crippen LogP contribution < -0.4 is 0 Å². The van der Waals surface area contributed by atoms with E-state index in [1.807, 2.05) is 71.3 Å². The van der Waals surface area contributed by atoms with Gasteiger partial charge >= 0.3 is 0 Å². The van der Waals surface area contributed by atoms with Crippen molar-refractivity contribution in [2.24, 2.45) is 0 Å². The number of pyridine rings is 1. The van der Waals surface area contributed by atoms with E-state index in [1.54, 1.807) is 0 Å². The lowest BCUT2D eigenvalue weighted by molar-refractivity contribution is 0.0895. The molecule has 2 aromatic heterocycles. The quantitative estimate of drug-likeness (QED) is 0.200. The highest BCUT2D eigenvalue weighted by Gasteiger charge is 2.40. The Morgan fingerprint density at radius 2 is 1.65 bits per heavy atom. The Morgan fingerprint density at radius 1 is 1.03 bits per heavy atom. The molecule has 1 unspecified atom stereocenters. The average Bonchev–Trinajstić information content (AvgIpc) is 3.17. The summed E-state index contributed by atoms with van der Waals surface area (Å²) in [5, 5.41) is 10.3. The number of hydrogen-bond donors (Lipinski definition) is 1. The van der Waals surface area contributed by atoms with Crippen LogP contribution >= 0.6 is 47.8 Å². The molecule has 0 spiro atoms. The molecule has 158 valence electrons. The molecule has 4 rings (SSSR count). The molecule has 1 atom stereocenters. The number of aliphatic hydroxyl groups is 1. The van der Waals surface area contributed by atoms with Gasteiger partial charge in [-0.3, -0.25) is 9.20 Å². The van der Waals surface area contributed by atoms with Crippen molar-refractivity contribution < 1.29 is 9.90 Å². The number of aliphatic hydroxyl groups excluding tert-OH is 1. The summed E-state index contributed by atoms with van der Waals surface area (Å²) in [6.45, 7) is 1.69. The van der Waals surface area contributed by atoms with Crippen LogP contribution in [0.25, 0.3) is 16.9 Å². The van der Waals surface area contributed by atoms with Crippen LogP contribution in [-0.4, -0.2) is 26.9 Å². The first-order chi connectivity index (χ1) is 14.9. The molecule has 0 fully saturated rings. The largest absolute Gasteiger partial charge is 0.394 e. The van der Waals surface area contributed by atoms with Gasteiger partial charge in [0.25, 0.3) is 0 Å². The number of nitrogens with zero attached hydrogens (tertiary/aromatic N) is 2. The van der Waals surface area contributed by atoms with E-state index in [0.29, 0.717) is 22.6 Å². The fourth-order valence-corrected chi connectivity index (χ4v) is 4.51. The Labute approximate surface area is 205 Å². The second-order valence-electron chi connectivity index (χ2n) is 7.23. The Balaban J connectivity index is 1.95. The smallest absolute Gasteiger partial charge is 0.205 e. The third-order valence-corrected chi connectivity index (χ3v) is 7.44. The minimum absolute atomic E-state index is 0.257. The number of benzene rings is 2. The van der Waals surface area contributed by atoms with E-state index in [0.717, 1.165) is 26.5 Å². The number of aryl methyl sites for hydroxylation is 1. The van der Waals surface area contributed by atoms with E-state index < -0.39 is 10.9 Å². The zero-order chi connectivity index (χ0) is 22.2.